The van der Waals surface area contributed by atoms with Crippen molar-refractivity contribution in [1.82, 2.24) is 10.2 Å². The van der Waals surface area contributed by atoms with E-state index in [1.165, 1.54) is 36.0 Å². The van der Waals surface area contributed by atoms with E-state index in [9.17, 15) is 9.18 Å². The number of ketones is 1. The number of Topliss-reactive ketones (excluding diaryl/α,β-unsaturated/α-hetero) is 1. The van der Waals surface area contributed by atoms with Crippen LogP contribution in [0.5, 0.6) is 5.75 Å². The van der Waals surface area contributed by atoms with Crippen LogP contribution in [0.25, 0.3) is 11.3 Å². The zero-order valence-electron chi connectivity index (χ0n) is 13.5. The van der Waals surface area contributed by atoms with Crippen molar-refractivity contribution in [3.8, 4) is 17.0 Å². The number of thioether (sulfide) groups is 1. The minimum atomic E-state index is -0.359. The predicted molar refractivity (Wildman–Crippen MR) is 95.5 cm³/mol. The summed E-state index contributed by atoms with van der Waals surface area (Å²) in [6.07, 6.45) is 0. The number of halogens is 1. The summed E-state index contributed by atoms with van der Waals surface area (Å²) in [5.41, 5.74) is 2.04. The highest BCUT2D eigenvalue weighted by molar-refractivity contribution is 7.99. The van der Waals surface area contributed by atoms with E-state index in [0.29, 0.717) is 16.3 Å². The zero-order chi connectivity index (χ0) is 17.6. The van der Waals surface area contributed by atoms with Gasteiger partial charge in [0.15, 0.2) is 5.78 Å². The maximum Gasteiger partial charge on any atom is 0.173 e. The van der Waals surface area contributed by atoms with Gasteiger partial charge in [0.05, 0.1) is 18.6 Å². The molecule has 6 heteroatoms. The maximum atomic E-state index is 12.9. The first-order valence-electron chi connectivity index (χ1n) is 7.56. The van der Waals surface area contributed by atoms with Gasteiger partial charge in [0.25, 0.3) is 0 Å². The van der Waals surface area contributed by atoms with Crippen LogP contribution in [0.3, 0.4) is 0 Å². The highest BCUT2D eigenvalue weighted by Gasteiger charge is 2.10. The lowest BCUT2D eigenvalue weighted by Crippen LogP contribution is -2.03. The van der Waals surface area contributed by atoms with Crippen LogP contribution in [-0.2, 0) is 0 Å². The SMILES string of the molecule is COc1ccccc1-c1ccc(SCC(=O)c2ccc(F)cc2)nn1. The second kappa shape index (κ2) is 7.90. The minimum absolute atomic E-state index is 0.0828. The molecule has 0 atom stereocenters. The van der Waals surface area contributed by atoms with E-state index in [4.69, 9.17) is 4.74 Å². The molecule has 25 heavy (non-hydrogen) atoms. The van der Waals surface area contributed by atoms with Gasteiger partial charge in [-0.25, -0.2) is 4.39 Å². The van der Waals surface area contributed by atoms with E-state index in [1.54, 1.807) is 7.11 Å². The lowest BCUT2D eigenvalue weighted by Gasteiger charge is -2.07. The Balaban J connectivity index is 1.67. The van der Waals surface area contributed by atoms with E-state index in [2.05, 4.69) is 10.2 Å². The predicted octanol–water partition coefficient (Wildman–Crippen LogP) is 4.27. The maximum absolute atomic E-state index is 12.9. The van der Waals surface area contributed by atoms with Crippen molar-refractivity contribution in [2.45, 2.75) is 5.03 Å². The van der Waals surface area contributed by atoms with Crippen molar-refractivity contribution in [1.29, 1.82) is 0 Å². The molecule has 0 saturated heterocycles. The summed E-state index contributed by atoms with van der Waals surface area (Å²) in [7, 11) is 1.61. The normalized spacial score (nSPS) is 10.5. The highest BCUT2D eigenvalue weighted by atomic mass is 32.2. The van der Waals surface area contributed by atoms with Gasteiger partial charge in [-0.05, 0) is 48.5 Å². The van der Waals surface area contributed by atoms with E-state index in [-0.39, 0.29) is 17.4 Å². The third kappa shape index (κ3) is 4.22. The van der Waals surface area contributed by atoms with Gasteiger partial charge in [-0.3, -0.25) is 4.79 Å². The largest absolute Gasteiger partial charge is 0.496 e. The van der Waals surface area contributed by atoms with Crippen LogP contribution in [-0.4, -0.2) is 28.8 Å². The third-order valence-electron chi connectivity index (χ3n) is 3.54. The molecule has 0 radical (unpaired) electrons. The van der Waals surface area contributed by atoms with Crippen molar-refractivity contribution < 1.29 is 13.9 Å². The third-order valence-corrected chi connectivity index (χ3v) is 4.46. The lowest BCUT2D eigenvalue weighted by atomic mass is 10.1. The van der Waals surface area contributed by atoms with Crippen LogP contribution in [0, 0.1) is 5.82 Å². The number of hydrogen-bond acceptors (Lipinski definition) is 5. The minimum Gasteiger partial charge on any atom is -0.496 e. The van der Waals surface area contributed by atoms with Crippen LogP contribution in [0.15, 0.2) is 65.7 Å². The Hall–Kier alpha value is -2.73. The number of para-hydroxylation sites is 1. The molecule has 0 bridgehead atoms. The fourth-order valence-electron chi connectivity index (χ4n) is 2.26. The second-order valence-electron chi connectivity index (χ2n) is 5.18. The standard InChI is InChI=1S/C19H15FN2O2S/c1-24-18-5-3-2-4-15(18)16-10-11-19(22-21-16)25-12-17(23)13-6-8-14(20)9-7-13/h2-11H,12H2,1H3. The number of hydrogen-bond donors (Lipinski definition) is 0. The molecule has 3 rings (SSSR count). The van der Waals surface area contributed by atoms with Crippen molar-refractivity contribution in [3.05, 3.63) is 72.0 Å². The van der Waals surface area contributed by atoms with Gasteiger partial charge in [0.1, 0.15) is 16.6 Å². The molecule has 1 heterocycles. The van der Waals surface area contributed by atoms with Crippen LogP contribution < -0.4 is 4.74 Å². The fraction of sp³-hybridized carbons (Fsp3) is 0.105. The molecule has 4 nitrogen and oxygen atoms in total. The van der Waals surface area contributed by atoms with Gasteiger partial charge in [0.2, 0.25) is 0 Å². The van der Waals surface area contributed by atoms with E-state index in [0.717, 1.165) is 11.3 Å². The monoisotopic (exact) mass is 354 g/mol. The lowest BCUT2D eigenvalue weighted by molar-refractivity contribution is 0.102. The number of benzene rings is 2. The van der Waals surface area contributed by atoms with Crippen LogP contribution in [0.2, 0.25) is 0 Å². The molecule has 126 valence electrons. The van der Waals surface area contributed by atoms with Crippen LogP contribution in [0.4, 0.5) is 4.39 Å². The Morgan fingerprint density at radius 1 is 1.04 bits per heavy atom. The van der Waals surface area contributed by atoms with Crippen molar-refractivity contribution >= 4 is 17.5 Å². The van der Waals surface area contributed by atoms with Gasteiger partial charge in [-0.2, -0.15) is 0 Å². The number of carbonyl (C=O) groups excluding carboxylic acids is 1. The van der Waals surface area contributed by atoms with E-state index in [1.807, 2.05) is 36.4 Å². The molecule has 0 spiro atoms. The summed E-state index contributed by atoms with van der Waals surface area (Å²) < 4.78 is 18.2. The Morgan fingerprint density at radius 3 is 2.48 bits per heavy atom. The molecular formula is C19H15FN2O2S. The molecule has 0 amide bonds. The average molecular weight is 354 g/mol. The summed E-state index contributed by atoms with van der Waals surface area (Å²) >= 11 is 1.29. The Bertz CT molecular complexity index is 867. The van der Waals surface area contributed by atoms with E-state index >= 15 is 0 Å². The molecule has 0 aliphatic carbocycles. The smallest absolute Gasteiger partial charge is 0.173 e. The molecule has 0 unspecified atom stereocenters. The van der Waals surface area contributed by atoms with Crippen LogP contribution >= 0.6 is 11.8 Å². The van der Waals surface area contributed by atoms with Gasteiger partial charge in [-0.15, -0.1) is 10.2 Å². The Kier molecular flexibility index (Phi) is 5.40. The van der Waals surface area contributed by atoms with Gasteiger partial charge < -0.3 is 4.74 Å². The molecule has 0 fully saturated rings. The molecule has 0 saturated carbocycles. The number of aromatic nitrogens is 2. The van der Waals surface area contributed by atoms with E-state index < -0.39 is 0 Å². The fourth-order valence-corrected chi connectivity index (χ4v) is 2.96. The molecular weight excluding hydrogens is 339 g/mol. The zero-order valence-corrected chi connectivity index (χ0v) is 14.3. The van der Waals surface area contributed by atoms with Crippen molar-refractivity contribution in [2.24, 2.45) is 0 Å². The molecule has 1 aromatic heterocycles. The first-order chi connectivity index (χ1) is 12.2. The summed E-state index contributed by atoms with van der Waals surface area (Å²) in [6.45, 7) is 0. The molecule has 2 aromatic carbocycles. The topological polar surface area (TPSA) is 52.1 Å². The van der Waals surface area contributed by atoms with Gasteiger partial charge >= 0.3 is 0 Å². The first-order valence-corrected chi connectivity index (χ1v) is 8.54. The summed E-state index contributed by atoms with van der Waals surface area (Å²) in [4.78, 5) is 12.1. The summed E-state index contributed by atoms with van der Waals surface area (Å²) in [5.74, 6) is 0.500. The number of rotatable bonds is 6. The average Bonchev–Trinajstić information content (AvgIpc) is 2.67. The summed E-state index contributed by atoms with van der Waals surface area (Å²) in [6, 6.07) is 16.7. The van der Waals surface area contributed by atoms with Crippen molar-refractivity contribution in [2.75, 3.05) is 12.9 Å². The second-order valence-corrected chi connectivity index (χ2v) is 6.17. The molecule has 3 aromatic rings. The number of carbonyl (C=O) groups is 1. The Labute approximate surface area is 149 Å². The molecule has 0 N–H and O–H groups in total. The number of methoxy groups -OCH3 is 1. The molecule has 0 aliphatic heterocycles. The Morgan fingerprint density at radius 2 is 1.80 bits per heavy atom. The first kappa shape index (κ1) is 17.1. The molecule has 0 aliphatic rings. The quantitative estimate of drug-likeness (QED) is 0.489. The number of nitrogens with zero attached hydrogens (tertiary/aromatic N) is 2. The van der Waals surface area contributed by atoms with Gasteiger partial charge in [0, 0.05) is 11.1 Å². The number of ether oxygens (including phenoxy) is 1. The van der Waals surface area contributed by atoms with Crippen molar-refractivity contribution in [3.63, 3.8) is 0 Å². The van der Waals surface area contributed by atoms with Gasteiger partial charge in [-0.1, -0.05) is 23.9 Å². The van der Waals surface area contributed by atoms with Crippen LogP contribution in [0.1, 0.15) is 10.4 Å². The summed E-state index contributed by atoms with van der Waals surface area (Å²) in [5, 5.41) is 9.01. The highest BCUT2D eigenvalue weighted by Crippen LogP contribution is 2.28.